The van der Waals surface area contributed by atoms with Gasteiger partial charge in [0.25, 0.3) is 0 Å². The van der Waals surface area contributed by atoms with Gasteiger partial charge in [-0.3, -0.25) is 5.41 Å². The van der Waals surface area contributed by atoms with Crippen molar-refractivity contribution in [1.82, 2.24) is 0 Å². The molecule has 0 aliphatic rings. The van der Waals surface area contributed by atoms with Gasteiger partial charge in [0.1, 0.15) is 0 Å². The summed E-state index contributed by atoms with van der Waals surface area (Å²) >= 11 is 0. The summed E-state index contributed by atoms with van der Waals surface area (Å²) < 4.78 is 40.2. The lowest BCUT2D eigenvalue weighted by Gasteiger charge is -3.00. The van der Waals surface area contributed by atoms with E-state index in [0.29, 0.717) is 0 Å². The molecule has 0 saturated carbocycles. The molecule has 0 rings (SSSR count). The molecule has 8 nitrogen and oxygen atoms in total. The SMILES string of the molecule is CCO.COC(=N)CC(C)(C)CS(N)([O-])([O-])([O-])CCO. The Hall–Kier alpha value is -0.420. The first-order chi connectivity index (χ1) is 8.64. The minimum atomic E-state index is -6.48. The topological polar surface area (TPSA) is 169 Å². The maximum Gasteiger partial charge on any atom is 0.180 e. The van der Waals surface area contributed by atoms with Gasteiger partial charge in [-0.05, 0) is 18.1 Å². The molecule has 0 unspecified atom stereocenters. The van der Waals surface area contributed by atoms with Crippen LogP contribution in [0.5, 0.6) is 0 Å². The molecule has 20 heavy (non-hydrogen) atoms. The molecule has 126 valence electrons. The summed E-state index contributed by atoms with van der Waals surface area (Å²) in [5, 5.41) is 28.5. The Morgan fingerprint density at radius 1 is 1.30 bits per heavy atom. The van der Waals surface area contributed by atoms with E-state index < -0.39 is 32.9 Å². The van der Waals surface area contributed by atoms with E-state index in [1.54, 1.807) is 6.92 Å². The van der Waals surface area contributed by atoms with Crippen molar-refractivity contribution in [3.8, 4) is 0 Å². The normalized spacial score (nSPS) is 15.5. The van der Waals surface area contributed by atoms with E-state index in [2.05, 4.69) is 4.74 Å². The molecule has 0 saturated heterocycles. The molecule has 0 atom stereocenters. The summed E-state index contributed by atoms with van der Waals surface area (Å²) in [7, 11) is -5.19. The van der Waals surface area contributed by atoms with E-state index in [1.165, 1.54) is 21.0 Å². The van der Waals surface area contributed by atoms with Crippen LogP contribution in [0.15, 0.2) is 0 Å². The molecule has 0 aromatic heterocycles. The van der Waals surface area contributed by atoms with Crippen LogP contribution in [0.25, 0.3) is 0 Å². The lowest BCUT2D eigenvalue weighted by Crippen LogP contribution is -2.54. The van der Waals surface area contributed by atoms with Crippen molar-refractivity contribution in [1.29, 1.82) is 5.41 Å². The first-order valence-corrected chi connectivity index (χ1v) is 8.70. The molecule has 0 aromatic rings. The molecule has 0 aliphatic carbocycles. The average molecular weight is 315 g/mol. The fourth-order valence-corrected chi connectivity index (χ4v) is 4.50. The summed E-state index contributed by atoms with van der Waals surface area (Å²) in [5.74, 6) is -2.03. The van der Waals surface area contributed by atoms with Crippen molar-refractivity contribution in [3.63, 3.8) is 0 Å². The van der Waals surface area contributed by atoms with Crippen LogP contribution >= 0.6 is 9.32 Å². The van der Waals surface area contributed by atoms with Gasteiger partial charge in [-0.2, -0.15) is 0 Å². The number of primary sulfonamides is 6. The van der Waals surface area contributed by atoms with Gasteiger partial charge in [-0.1, -0.05) is 19.6 Å². The summed E-state index contributed by atoms with van der Waals surface area (Å²) in [6.07, 6.45) is -0.0289. The summed E-state index contributed by atoms with van der Waals surface area (Å²) in [5.41, 5.74) is -1.04. The van der Waals surface area contributed by atoms with Crippen LogP contribution in [0.3, 0.4) is 0 Å². The molecule has 0 heterocycles. The lowest BCUT2D eigenvalue weighted by atomic mass is 9.92. The number of nitrogens with one attached hydrogen (secondary N) is 1. The quantitative estimate of drug-likeness (QED) is 0.399. The number of sulfonamides is 6. The molecule has 5 N–H and O–H groups in total. The van der Waals surface area contributed by atoms with Gasteiger partial charge in [-0.15, -0.1) is 0 Å². The van der Waals surface area contributed by atoms with Crippen molar-refractivity contribution in [3.05, 3.63) is 0 Å². The Labute approximate surface area is 119 Å². The van der Waals surface area contributed by atoms with Crippen molar-refractivity contribution >= 4 is 15.2 Å². The van der Waals surface area contributed by atoms with E-state index >= 15 is 0 Å². The van der Waals surface area contributed by atoms with Crippen molar-refractivity contribution in [2.75, 3.05) is 31.8 Å². The predicted octanol–water partition coefficient (Wildman–Crippen LogP) is 0.158. The number of aliphatic hydroxyl groups excluding tert-OH is 2. The Balaban J connectivity index is 0. The van der Waals surface area contributed by atoms with Crippen LogP contribution in [0, 0.1) is 10.8 Å². The largest absolute Gasteiger partial charge is 0.832 e. The zero-order valence-electron chi connectivity index (χ0n) is 12.5. The second-order valence-corrected chi connectivity index (χ2v) is 9.77. The van der Waals surface area contributed by atoms with E-state index in [9.17, 15) is 13.7 Å². The summed E-state index contributed by atoms with van der Waals surface area (Å²) in [6, 6.07) is 0. The maximum absolute atomic E-state index is 11.9. The van der Waals surface area contributed by atoms with Gasteiger partial charge in [0.15, 0.2) is 5.90 Å². The molecule has 0 radical (unpaired) electrons. The van der Waals surface area contributed by atoms with Gasteiger partial charge in [0.05, 0.1) is 7.11 Å². The molecule has 0 fully saturated rings. The Bertz CT molecular complexity index is 324. The van der Waals surface area contributed by atoms with E-state index in [-0.39, 0.29) is 18.9 Å². The first kappa shape index (κ1) is 21.9. The van der Waals surface area contributed by atoms with Crippen LogP contribution in [0.1, 0.15) is 27.2 Å². The molecule has 0 amide bonds. The minimum absolute atomic E-state index is 0.0289. The number of aliphatic hydroxyl groups is 2. The monoisotopic (exact) mass is 315 g/mol. The molecular formula is C11H27N2O6S-3. The van der Waals surface area contributed by atoms with E-state index in [1.807, 2.05) is 0 Å². The van der Waals surface area contributed by atoms with Crippen LogP contribution in [0.4, 0.5) is 0 Å². The van der Waals surface area contributed by atoms with Crippen LogP contribution in [-0.2, 0) is 4.74 Å². The van der Waals surface area contributed by atoms with Gasteiger partial charge in [0, 0.05) is 19.6 Å². The fourth-order valence-electron chi connectivity index (χ4n) is 1.84. The van der Waals surface area contributed by atoms with Gasteiger partial charge in [-0.25, -0.2) is 0 Å². The Morgan fingerprint density at radius 2 is 1.70 bits per heavy atom. The second kappa shape index (κ2) is 6.56. The zero-order valence-corrected chi connectivity index (χ0v) is 13.4. The smallest absolute Gasteiger partial charge is 0.180 e. The van der Waals surface area contributed by atoms with Crippen molar-refractivity contribution < 1.29 is 28.6 Å². The highest BCUT2D eigenvalue weighted by Gasteiger charge is 2.31. The van der Waals surface area contributed by atoms with Crippen LogP contribution < -0.4 is 5.14 Å². The molecular weight excluding hydrogens is 288 g/mol. The maximum atomic E-state index is 11.9. The zero-order chi connectivity index (χ0) is 16.7. The number of sulfone groups is 3. The fraction of sp³-hybridized carbons (Fsp3) is 0.909. The molecule has 9 heteroatoms. The van der Waals surface area contributed by atoms with Gasteiger partial charge < -0.3 is 43.1 Å². The molecule has 0 aliphatic heterocycles. The van der Waals surface area contributed by atoms with Crippen LogP contribution in [-0.4, -0.2) is 61.6 Å². The molecule has 0 bridgehead atoms. The number of hydrogen-bond donors (Lipinski definition) is 4. The number of methoxy groups -OCH3 is 1. The van der Waals surface area contributed by atoms with E-state index in [0.717, 1.165) is 0 Å². The third-order valence-corrected chi connectivity index (χ3v) is 4.95. The number of rotatable bonds is 6. The van der Waals surface area contributed by atoms with Crippen molar-refractivity contribution in [2.24, 2.45) is 10.6 Å². The lowest BCUT2D eigenvalue weighted by molar-refractivity contribution is 0.224. The standard InChI is InChI=1S/C9H24N2O5S.C2H6O/c1-9(2,6-8(10)16-3)7-17(11,13,14,15)5-4-12;1-2-3/h10,12-15H,4-7,11H2,1-3H3;3H,2H2,1H3/p-3. The third-order valence-electron chi connectivity index (χ3n) is 2.24. The minimum Gasteiger partial charge on any atom is -0.832 e. The Morgan fingerprint density at radius 3 is 2.00 bits per heavy atom. The molecule has 0 aromatic carbocycles. The first-order valence-electron chi connectivity index (χ1n) is 6.08. The molecule has 0 spiro atoms. The van der Waals surface area contributed by atoms with Gasteiger partial charge >= 0.3 is 0 Å². The number of hydrogen-bond acceptors (Lipinski definition) is 8. The Kier molecular flexibility index (Phi) is 7.18. The number of ether oxygens (including phenoxy) is 1. The van der Waals surface area contributed by atoms with E-state index in [4.69, 9.17) is 20.8 Å². The predicted molar refractivity (Wildman–Crippen MR) is 76.8 cm³/mol. The third kappa shape index (κ3) is 11.4. The average Bonchev–Trinajstić information content (AvgIpc) is 2.13. The summed E-state index contributed by atoms with van der Waals surface area (Å²) in [6.45, 7) is 4.10. The highest BCUT2D eigenvalue weighted by molar-refractivity contribution is 8.50. The summed E-state index contributed by atoms with van der Waals surface area (Å²) in [4.78, 5) is 0. The number of nitrogens with two attached hydrogens (primary N) is 1. The second-order valence-electron chi connectivity index (χ2n) is 5.59. The van der Waals surface area contributed by atoms with Crippen LogP contribution in [0.2, 0.25) is 0 Å². The van der Waals surface area contributed by atoms with Gasteiger partial charge in [0.2, 0.25) is 0 Å². The van der Waals surface area contributed by atoms with Crippen molar-refractivity contribution in [2.45, 2.75) is 27.2 Å². The highest BCUT2D eigenvalue weighted by Crippen LogP contribution is 2.73. The highest BCUT2D eigenvalue weighted by atomic mass is 32.4.